The summed E-state index contributed by atoms with van der Waals surface area (Å²) in [6.45, 7) is 5.19. The van der Waals surface area contributed by atoms with Crippen LogP contribution in [0.2, 0.25) is 0 Å². The van der Waals surface area contributed by atoms with Gasteiger partial charge in [-0.3, -0.25) is 9.59 Å². The second-order valence-corrected chi connectivity index (χ2v) is 7.29. The van der Waals surface area contributed by atoms with Crippen molar-refractivity contribution in [3.63, 3.8) is 0 Å². The van der Waals surface area contributed by atoms with Crippen LogP contribution in [0.25, 0.3) is 0 Å². The predicted molar refractivity (Wildman–Crippen MR) is 117 cm³/mol. The van der Waals surface area contributed by atoms with Crippen molar-refractivity contribution in [2.45, 2.75) is 39.7 Å². The molecule has 8 heteroatoms. The molecule has 0 aliphatic carbocycles. The third-order valence-electron chi connectivity index (χ3n) is 4.46. The lowest BCUT2D eigenvalue weighted by atomic mass is 10.2. The number of nitrogens with one attached hydrogen (secondary N) is 1. The van der Waals surface area contributed by atoms with E-state index in [0.717, 1.165) is 17.1 Å². The minimum Gasteiger partial charge on any atom is -0.456 e. The molecule has 0 radical (unpaired) electrons. The highest BCUT2D eigenvalue weighted by Gasteiger charge is 2.21. The molecule has 0 saturated carbocycles. The molecule has 3 rings (SSSR count). The van der Waals surface area contributed by atoms with Crippen LogP contribution in [-0.4, -0.2) is 34.7 Å². The molecule has 0 aliphatic heterocycles. The third-order valence-corrected chi connectivity index (χ3v) is 4.46. The molecular formula is C23H26N4O4. The molecule has 31 heavy (non-hydrogen) atoms. The first-order valence-corrected chi connectivity index (χ1v) is 10.1. The first kappa shape index (κ1) is 22.0. The molecule has 0 atom stereocenters. The second kappa shape index (κ2) is 10.4. The van der Waals surface area contributed by atoms with Gasteiger partial charge in [0.1, 0.15) is 0 Å². The quantitative estimate of drug-likeness (QED) is 0.520. The van der Waals surface area contributed by atoms with Gasteiger partial charge in [0, 0.05) is 29.5 Å². The highest BCUT2D eigenvalue weighted by Crippen LogP contribution is 2.23. The molecule has 3 aromatic rings. The topological polar surface area (TPSA) is 97.6 Å². The largest absolute Gasteiger partial charge is 0.456 e. The van der Waals surface area contributed by atoms with Crippen LogP contribution in [0, 0.1) is 6.92 Å². The molecule has 162 valence electrons. The number of aromatic nitrogens is 2. The Balaban J connectivity index is 1.55. The summed E-state index contributed by atoms with van der Waals surface area (Å²) >= 11 is 0. The number of carbonyl (C=O) groups is 2. The number of rotatable bonds is 9. The highest BCUT2D eigenvalue weighted by molar-refractivity contribution is 5.95. The number of anilines is 3. The fourth-order valence-electron chi connectivity index (χ4n) is 3.06. The average Bonchev–Trinajstić information content (AvgIpc) is 3.18. The van der Waals surface area contributed by atoms with Gasteiger partial charge in [-0.05, 0) is 57.2 Å². The number of hydrogen-bond acceptors (Lipinski definition) is 7. The van der Waals surface area contributed by atoms with Gasteiger partial charge in [-0.2, -0.15) is 4.98 Å². The van der Waals surface area contributed by atoms with Crippen molar-refractivity contribution in [3.05, 3.63) is 66.3 Å². The van der Waals surface area contributed by atoms with Gasteiger partial charge in [-0.25, -0.2) is 0 Å². The summed E-state index contributed by atoms with van der Waals surface area (Å²) in [5.74, 6) is 0.0981. The van der Waals surface area contributed by atoms with E-state index in [2.05, 4.69) is 15.5 Å². The average molecular weight is 422 g/mol. The second-order valence-electron chi connectivity index (χ2n) is 7.29. The molecule has 2 aromatic carbocycles. The fourth-order valence-corrected chi connectivity index (χ4v) is 3.06. The van der Waals surface area contributed by atoms with Crippen molar-refractivity contribution in [1.82, 2.24) is 10.1 Å². The predicted octanol–water partition coefficient (Wildman–Crippen LogP) is 4.04. The Morgan fingerprint density at radius 2 is 1.74 bits per heavy atom. The number of ether oxygens (including phenoxy) is 1. The Bertz CT molecular complexity index is 1000. The van der Waals surface area contributed by atoms with Crippen molar-refractivity contribution in [1.29, 1.82) is 0 Å². The first-order valence-electron chi connectivity index (χ1n) is 10.1. The van der Waals surface area contributed by atoms with E-state index in [4.69, 9.17) is 9.26 Å². The Kier molecular flexibility index (Phi) is 7.37. The van der Waals surface area contributed by atoms with E-state index in [1.165, 1.54) is 0 Å². The van der Waals surface area contributed by atoms with Crippen molar-refractivity contribution >= 4 is 28.9 Å². The molecule has 0 bridgehead atoms. The Morgan fingerprint density at radius 1 is 1.06 bits per heavy atom. The van der Waals surface area contributed by atoms with Crippen molar-refractivity contribution in [3.8, 4) is 0 Å². The summed E-state index contributed by atoms with van der Waals surface area (Å²) in [6, 6.07) is 17.3. The van der Waals surface area contributed by atoms with Gasteiger partial charge >= 0.3 is 5.97 Å². The fraction of sp³-hybridized carbons (Fsp3) is 0.304. The van der Waals surface area contributed by atoms with Gasteiger partial charge < -0.3 is 19.5 Å². The molecule has 0 spiro atoms. The summed E-state index contributed by atoms with van der Waals surface area (Å²) in [5, 5.41) is 6.98. The molecule has 0 aliphatic rings. The van der Waals surface area contributed by atoms with Gasteiger partial charge in [0.05, 0.1) is 6.42 Å². The van der Waals surface area contributed by atoms with E-state index in [9.17, 15) is 9.59 Å². The number of carbonyl (C=O) groups excluding carboxylic acids is 2. The Hall–Kier alpha value is -3.68. The molecule has 8 nitrogen and oxygen atoms in total. The molecule has 1 heterocycles. The summed E-state index contributed by atoms with van der Waals surface area (Å²) in [4.78, 5) is 30.4. The number of amides is 1. The number of nitrogens with zero attached hydrogens (tertiary/aromatic N) is 3. The molecule has 0 unspecified atom stereocenters. The number of benzene rings is 2. The zero-order chi connectivity index (χ0) is 22.2. The maximum atomic E-state index is 12.7. The van der Waals surface area contributed by atoms with E-state index in [-0.39, 0.29) is 31.4 Å². The molecule has 0 saturated heterocycles. The van der Waals surface area contributed by atoms with Crippen LogP contribution in [0.5, 0.6) is 0 Å². The summed E-state index contributed by atoms with van der Waals surface area (Å²) in [6.07, 6.45) is 0.341. The molecule has 1 N–H and O–H groups in total. The van der Waals surface area contributed by atoms with Crippen LogP contribution in [-0.2, 0) is 20.7 Å². The summed E-state index contributed by atoms with van der Waals surface area (Å²) < 4.78 is 10.1. The SMILES string of the molecule is Cc1noc(CCC(=O)OCC(=O)N(c2ccc(Nc3ccccc3)cc2)C(C)C)n1. The van der Waals surface area contributed by atoms with Gasteiger partial charge in [-0.1, -0.05) is 23.4 Å². The van der Waals surface area contributed by atoms with E-state index >= 15 is 0 Å². The molecule has 1 aromatic heterocycles. The third kappa shape index (κ3) is 6.40. The van der Waals surface area contributed by atoms with Crippen LogP contribution in [0.4, 0.5) is 17.1 Å². The van der Waals surface area contributed by atoms with Gasteiger partial charge in [0.2, 0.25) is 5.89 Å². The van der Waals surface area contributed by atoms with Crippen molar-refractivity contribution in [2.24, 2.45) is 0 Å². The number of hydrogen-bond donors (Lipinski definition) is 1. The van der Waals surface area contributed by atoms with Crippen LogP contribution in [0.15, 0.2) is 59.1 Å². The van der Waals surface area contributed by atoms with E-state index < -0.39 is 5.97 Å². The lowest BCUT2D eigenvalue weighted by Gasteiger charge is -2.27. The van der Waals surface area contributed by atoms with Gasteiger partial charge in [0.15, 0.2) is 12.4 Å². The number of aryl methyl sites for hydroxylation is 2. The van der Waals surface area contributed by atoms with Crippen LogP contribution >= 0.6 is 0 Å². The lowest BCUT2D eigenvalue weighted by Crippen LogP contribution is -2.39. The number of esters is 1. The molecule has 0 fully saturated rings. The summed E-state index contributed by atoms with van der Waals surface area (Å²) in [5.41, 5.74) is 2.62. The Morgan fingerprint density at radius 3 is 2.35 bits per heavy atom. The maximum absolute atomic E-state index is 12.7. The lowest BCUT2D eigenvalue weighted by molar-refractivity contribution is -0.148. The minimum atomic E-state index is -0.490. The standard InChI is InChI=1S/C23H26N4O4/c1-16(2)27(20-11-9-19(10-12-20)25-18-7-5-4-6-8-18)22(28)15-30-23(29)14-13-21-24-17(3)26-31-21/h4-12,16,25H,13-15H2,1-3H3. The van der Waals surface area contributed by atoms with Crippen LogP contribution in [0.3, 0.4) is 0 Å². The normalized spacial score (nSPS) is 10.7. The maximum Gasteiger partial charge on any atom is 0.306 e. The van der Waals surface area contributed by atoms with E-state index in [1.807, 2.05) is 68.4 Å². The van der Waals surface area contributed by atoms with Crippen molar-refractivity contribution < 1.29 is 18.8 Å². The molecule has 1 amide bonds. The number of para-hydroxylation sites is 1. The first-order chi connectivity index (χ1) is 14.9. The van der Waals surface area contributed by atoms with Crippen LogP contribution < -0.4 is 10.2 Å². The van der Waals surface area contributed by atoms with Crippen LogP contribution in [0.1, 0.15) is 32.0 Å². The summed E-state index contributed by atoms with van der Waals surface area (Å²) in [7, 11) is 0. The Labute approximate surface area is 181 Å². The van der Waals surface area contributed by atoms with E-state index in [0.29, 0.717) is 11.7 Å². The van der Waals surface area contributed by atoms with Gasteiger partial charge in [0.25, 0.3) is 5.91 Å². The van der Waals surface area contributed by atoms with E-state index in [1.54, 1.807) is 11.8 Å². The minimum absolute atomic E-state index is 0.0659. The molecular weight excluding hydrogens is 396 g/mol. The smallest absolute Gasteiger partial charge is 0.306 e. The van der Waals surface area contributed by atoms with Gasteiger partial charge in [-0.15, -0.1) is 0 Å². The zero-order valence-corrected chi connectivity index (χ0v) is 17.9. The monoisotopic (exact) mass is 422 g/mol. The van der Waals surface area contributed by atoms with Crippen molar-refractivity contribution in [2.75, 3.05) is 16.8 Å². The zero-order valence-electron chi connectivity index (χ0n) is 17.9. The highest BCUT2D eigenvalue weighted by atomic mass is 16.5.